The third-order valence-electron chi connectivity index (χ3n) is 2.28. The molecule has 0 saturated carbocycles. The number of hydrogen-bond donors (Lipinski definition) is 0. The van der Waals surface area contributed by atoms with Crippen LogP contribution in [0.1, 0.15) is 26.7 Å². The average molecular weight is 230 g/mol. The molecule has 0 aromatic rings. The van der Waals surface area contributed by atoms with Crippen LogP contribution in [0.2, 0.25) is 0 Å². The summed E-state index contributed by atoms with van der Waals surface area (Å²) in [7, 11) is 4.13. The molecule has 0 N–H and O–H groups in total. The normalized spacial score (nSPS) is 11.1. The summed E-state index contributed by atoms with van der Waals surface area (Å²) in [5.74, 6) is -0.110. The number of carbonyl (C=O) groups is 1. The maximum Gasteiger partial charge on any atom is 0.320 e. The fourth-order valence-electron chi connectivity index (χ4n) is 1.59. The molecule has 4 heteroatoms. The molecule has 0 radical (unpaired) electrons. The third kappa shape index (κ3) is 8.68. The highest BCUT2D eigenvalue weighted by Gasteiger charge is 2.10. The van der Waals surface area contributed by atoms with Crippen LogP contribution in [0.5, 0.6) is 0 Å². The van der Waals surface area contributed by atoms with Gasteiger partial charge in [-0.2, -0.15) is 0 Å². The van der Waals surface area contributed by atoms with Crippen molar-refractivity contribution < 1.29 is 9.53 Å². The van der Waals surface area contributed by atoms with Gasteiger partial charge in [-0.15, -0.1) is 0 Å². The fraction of sp³-hybridized carbons (Fsp3) is 0.917. The smallest absolute Gasteiger partial charge is 0.320 e. The van der Waals surface area contributed by atoms with E-state index in [2.05, 4.69) is 30.8 Å². The van der Waals surface area contributed by atoms with E-state index in [1.54, 1.807) is 0 Å². The van der Waals surface area contributed by atoms with Crippen LogP contribution in [0.15, 0.2) is 0 Å². The molecular formula is C12H26N2O2. The van der Waals surface area contributed by atoms with Crippen LogP contribution >= 0.6 is 0 Å². The van der Waals surface area contributed by atoms with Crippen molar-refractivity contribution in [3.05, 3.63) is 0 Å². The summed E-state index contributed by atoms with van der Waals surface area (Å²) in [5.41, 5.74) is 0. The second-order valence-corrected chi connectivity index (χ2v) is 4.24. The topological polar surface area (TPSA) is 32.8 Å². The second-order valence-electron chi connectivity index (χ2n) is 4.24. The fourth-order valence-corrected chi connectivity index (χ4v) is 1.59. The number of ether oxygens (including phenoxy) is 1. The van der Waals surface area contributed by atoms with Crippen molar-refractivity contribution >= 4 is 5.97 Å². The molecule has 0 aliphatic rings. The Morgan fingerprint density at radius 1 is 1.12 bits per heavy atom. The second kappa shape index (κ2) is 9.60. The van der Waals surface area contributed by atoms with Gasteiger partial charge in [0.15, 0.2) is 0 Å². The Hall–Kier alpha value is -0.610. The van der Waals surface area contributed by atoms with Gasteiger partial charge in [-0.1, -0.05) is 6.92 Å². The van der Waals surface area contributed by atoms with Gasteiger partial charge in [-0.05, 0) is 53.5 Å². The largest absolute Gasteiger partial charge is 0.465 e. The molecule has 96 valence electrons. The Morgan fingerprint density at radius 3 is 2.31 bits per heavy atom. The van der Waals surface area contributed by atoms with Gasteiger partial charge in [0, 0.05) is 0 Å². The third-order valence-corrected chi connectivity index (χ3v) is 2.28. The standard InChI is InChI=1S/C12H26N2O2/c1-5-8-14(10-7-9-13(3)4)11-12(15)16-6-2/h5-11H2,1-4H3. The van der Waals surface area contributed by atoms with Gasteiger partial charge in [-0.3, -0.25) is 9.69 Å². The van der Waals surface area contributed by atoms with E-state index < -0.39 is 0 Å². The number of rotatable bonds is 9. The zero-order valence-corrected chi connectivity index (χ0v) is 11.2. The molecule has 0 aliphatic carbocycles. The first kappa shape index (κ1) is 15.4. The van der Waals surface area contributed by atoms with Crippen molar-refractivity contribution in [2.24, 2.45) is 0 Å². The molecule has 0 atom stereocenters. The first-order chi connectivity index (χ1) is 7.60. The minimum Gasteiger partial charge on any atom is -0.465 e. The Balaban J connectivity index is 3.82. The van der Waals surface area contributed by atoms with Gasteiger partial charge in [0.25, 0.3) is 0 Å². The van der Waals surface area contributed by atoms with Crippen molar-refractivity contribution in [3.8, 4) is 0 Å². The van der Waals surface area contributed by atoms with Crippen LogP contribution in [-0.2, 0) is 9.53 Å². The predicted molar refractivity (Wildman–Crippen MR) is 66.5 cm³/mol. The Bertz CT molecular complexity index is 184. The molecule has 0 spiro atoms. The van der Waals surface area contributed by atoms with Crippen molar-refractivity contribution in [2.75, 3.05) is 46.9 Å². The SMILES string of the molecule is CCCN(CCCN(C)C)CC(=O)OCC. The molecule has 0 saturated heterocycles. The van der Waals surface area contributed by atoms with Crippen LogP contribution in [-0.4, -0.2) is 62.7 Å². The summed E-state index contributed by atoms with van der Waals surface area (Å²) in [5, 5.41) is 0. The molecule has 0 amide bonds. The van der Waals surface area contributed by atoms with Crippen molar-refractivity contribution in [1.29, 1.82) is 0 Å². The van der Waals surface area contributed by atoms with E-state index in [0.717, 1.165) is 32.5 Å². The van der Waals surface area contributed by atoms with E-state index in [9.17, 15) is 4.79 Å². The number of nitrogens with zero attached hydrogens (tertiary/aromatic N) is 2. The van der Waals surface area contributed by atoms with E-state index in [-0.39, 0.29) is 5.97 Å². The van der Waals surface area contributed by atoms with Crippen LogP contribution in [0.3, 0.4) is 0 Å². The molecular weight excluding hydrogens is 204 g/mol. The van der Waals surface area contributed by atoms with Gasteiger partial charge in [0.2, 0.25) is 0 Å². The Morgan fingerprint density at radius 2 is 1.81 bits per heavy atom. The maximum atomic E-state index is 11.4. The van der Waals surface area contributed by atoms with E-state index in [1.165, 1.54) is 0 Å². The molecule has 0 fully saturated rings. The molecule has 0 aliphatic heterocycles. The molecule has 0 aromatic carbocycles. The Kier molecular flexibility index (Phi) is 9.24. The van der Waals surface area contributed by atoms with E-state index >= 15 is 0 Å². The lowest BCUT2D eigenvalue weighted by molar-refractivity contribution is -0.144. The molecule has 4 nitrogen and oxygen atoms in total. The van der Waals surface area contributed by atoms with Crippen LogP contribution < -0.4 is 0 Å². The zero-order chi connectivity index (χ0) is 12.4. The average Bonchev–Trinajstić information content (AvgIpc) is 2.17. The van der Waals surface area contributed by atoms with Gasteiger partial charge in [0.1, 0.15) is 0 Å². The molecule has 0 rings (SSSR count). The lowest BCUT2D eigenvalue weighted by Crippen LogP contribution is -2.33. The lowest BCUT2D eigenvalue weighted by atomic mass is 10.3. The van der Waals surface area contributed by atoms with Gasteiger partial charge in [0.05, 0.1) is 13.2 Å². The number of hydrogen-bond acceptors (Lipinski definition) is 4. The molecule has 0 unspecified atom stereocenters. The molecule has 16 heavy (non-hydrogen) atoms. The minimum atomic E-state index is -0.110. The molecule has 0 bridgehead atoms. The summed E-state index contributed by atoms with van der Waals surface area (Å²) in [6.07, 6.45) is 2.16. The zero-order valence-electron chi connectivity index (χ0n) is 11.2. The first-order valence-corrected chi connectivity index (χ1v) is 6.12. The monoisotopic (exact) mass is 230 g/mol. The first-order valence-electron chi connectivity index (χ1n) is 6.12. The van der Waals surface area contributed by atoms with Crippen LogP contribution in [0.4, 0.5) is 0 Å². The molecule has 0 aromatic heterocycles. The maximum absolute atomic E-state index is 11.4. The predicted octanol–water partition coefficient (Wildman–Crippen LogP) is 1.21. The van der Waals surface area contributed by atoms with Crippen molar-refractivity contribution in [3.63, 3.8) is 0 Å². The number of carbonyl (C=O) groups excluding carboxylic acids is 1. The van der Waals surface area contributed by atoms with Crippen LogP contribution in [0, 0.1) is 0 Å². The minimum absolute atomic E-state index is 0.110. The highest BCUT2D eigenvalue weighted by molar-refractivity contribution is 5.71. The highest BCUT2D eigenvalue weighted by atomic mass is 16.5. The van der Waals surface area contributed by atoms with Crippen molar-refractivity contribution in [1.82, 2.24) is 9.80 Å². The summed E-state index contributed by atoms with van der Waals surface area (Å²) in [4.78, 5) is 15.7. The van der Waals surface area contributed by atoms with E-state index in [0.29, 0.717) is 13.2 Å². The van der Waals surface area contributed by atoms with Gasteiger partial charge in [-0.25, -0.2) is 0 Å². The van der Waals surface area contributed by atoms with Gasteiger partial charge >= 0.3 is 5.97 Å². The summed E-state index contributed by atoms with van der Waals surface area (Å²) in [6, 6.07) is 0. The number of esters is 1. The Labute approximate surface area is 99.5 Å². The van der Waals surface area contributed by atoms with Crippen LogP contribution in [0.25, 0.3) is 0 Å². The molecule has 0 heterocycles. The highest BCUT2D eigenvalue weighted by Crippen LogP contribution is 1.96. The summed E-state index contributed by atoms with van der Waals surface area (Å²) < 4.78 is 4.96. The quantitative estimate of drug-likeness (QED) is 0.557. The van der Waals surface area contributed by atoms with E-state index in [4.69, 9.17) is 4.74 Å². The van der Waals surface area contributed by atoms with E-state index in [1.807, 2.05) is 6.92 Å². The van der Waals surface area contributed by atoms with Gasteiger partial charge < -0.3 is 9.64 Å². The van der Waals surface area contributed by atoms with Crippen molar-refractivity contribution in [2.45, 2.75) is 26.7 Å². The summed E-state index contributed by atoms with van der Waals surface area (Å²) >= 11 is 0. The summed E-state index contributed by atoms with van der Waals surface area (Å²) in [6.45, 7) is 7.85. The lowest BCUT2D eigenvalue weighted by Gasteiger charge is -2.21.